The van der Waals surface area contributed by atoms with E-state index in [-0.39, 0.29) is 17.1 Å². The Morgan fingerprint density at radius 2 is 1.29 bits per heavy atom. The van der Waals surface area contributed by atoms with Crippen molar-refractivity contribution in [2.45, 2.75) is 19.6 Å². The monoisotopic (exact) mass is 286 g/mol. The number of carbonyl (C=O) groups excluding carboxylic acids is 1. The van der Waals surface area contributed by atoms with Crippen LogP contribution >= 0.6 is 0 Å². The van der Waals surface area contributed by atoms with Crippen LogP contribution in [0.5, 0.6) is 0 Å². The Morgan fingerprint density at radius 1 is 0.882 bits per heavy atom. The molecular weight excluding hydrogens is 268 g/mol. The summed E-state index contributed by atoms with van der Waals surface area (Å²) in [6, 6.07) is 0. The average Bonchev–Trinajstić information content (AvgIpc) is 2.91. The summed E-state index contributed by atoms with van der Waals surface area (Å²) in [7, 11) is -0.981. The minimum absolute atomic E-state index is 0. The summed E-state index contributed by atoms with van der Waals surface area (Å²) >= 11 is 0. The minimum atomic E-state index is -0.981. The van der Waals surface area contributed by atoms with Crippen molar-refractivity contribution < 1.29 is 21.9 Å². The Balaban J connectivity index is 0.000000292. The van der Waals surface area contributed by atoms with Gasteiger partial charge in [0.1, 0.15) is 6.29 Å². The van der Waals surface area contributed by atoms with Crippen molar-refractivity contribution in [1.82, 2.24) is 0 Å². The summed E-state index contributed by atoms with van der Waals surface area (Å²) in [5.74, 6) is 0.750. The van der Waals surface area contributed by atoms with Gasteiger partial charge in [0.15, 0.2) is 0 Å². The van der Waals surface area contributed by atoms with Crippen LogP contribution in [0.25, 0.3) is 0 Å². The van der Waals surface area contributed by atoms with Crippen molar-refractivity contribution in [3.05, 3.63) is 62.8 Å². The van der Waals surface area contributed by atoms with E-state index in [1.165, 1.54) is 0 Å². The number of hydrogen-bond acceptors (Lipinski definition) is 1. The van der Waals surface area contributed by atoms with Gasteiger partial charge in [0.25, 0.3) is 0 Å². The molecule has 0 N–H and O–H groups in total. The van der Waals surface area contributed by atoms with Gasteiger partial charge in [0, 0.05) is 5.92 Å². The smallest absolute Gasteiger partial charge is 0.303 e. The van der Waals surface area contributed by atoms with Crippen molar-refractivity contribution in [2.24, 2.45) is 0 Å². The maximum Gasteiger partial charge on any atom is 2.00 e. The zero-order valence-electron chi connectivity index (χ0n) is 10.5. The van der Waals surface area contributed by atoms with E-state index in [1.807, 2.05) is 12.8 Å². The van der Waals surface area contributed by atoms with E-state index >= 15 is 0 Å². The van der Waals surface area contributed by atoms with Gasteiger partial charge in [-0.15, -0.1) is 0 Å². The van der Waals surface area contributed by atoms with Crippen molar-refractivity contribution >= 4 is 14.4 Å². The second kappa shape index (κ2) is 8.50. The molecule has 2 saturated carbocycles. The van der Waals surface area contributed by atoms with Crippen LogP contribution in [0, 0.1) is 62.8 Å². The number of hydrogen-bond donors (Lipinski definition) is 0. The van der Waals surface area contributed by atoms with Gasteiger partial charge in [-0.2, -0.15) is 0 Å². The molecule has 0 bridgehead atoms. The van der Waals surface area contributed by atoms with Crippen LogP contribution in [0.2, 0.25) is 19.6 Å². The molecule has 0 amide bonds. The molecule has 0 aromatic heterocycles. The quantitative estimate of drug-likeness (QED) is 0.563. The molecular formula is C14H18FeOSi+2. The zero-order chi connectivity index (χ0) is 12.0. The Hall–Kier alpha value is 0.406. The summed E-state index contributed by atoms with van der Waals surface area (Å²) < 4.78 is 0. The van der Waals surface area contributed by atoms with E-state index in [0.717, 1.165) is 12.2 Å². The molecule has 0 aromatic rings. The van der Waals surface area contributed by atoms with Crippen LogP contribution in [-0.2, 0) is 21.9 Å². The second-order valence-electron chi connectivity index (χ2n) is 4.76. The first-order valence-electron chi connectivity index (χ1n) is 5.43. The molecule has 0 saturated heterocycles. The van der Waals surface area contributed by atoms with Gasteiger partial charge in [-0.25, -0.2) is 0 Å². The van der Waals surface area contributed by atoms with Crippen molar-refractivity contribution in [1.29, 1.82) is 0 Å². The fourth-order valence-corrected chi connectivity index (χ4v) is 2.53. The topological polar surface area (TPSA) is 17.1 Å². The van der Waals surface area contributed by atoms with Crippen molar-refractivity contribution in [3.63, 3.8) is 0 Å². The van der Waals surface area contributed by atoms with Gasteiger partial charge in [-0.1, -0.05) is 19.6 Å². The molecule has 0 aromatic carbocycles. The average molecular weight is 286 g/mol. The summed E-state index contributed by atoms with van der Waals surface area (Å²) in [5.41, 5.74) is 1.56. The van der Waals surface area contributed by atoms with Crippen LogP contribution < -0.4 is 0 Å². The van der Waals surface area contributed by atoms with E-state index in [0.29, 0.717) is 0 Å². The van der Waals surface area contributed by atoms with E-state index in [2.05, 4.69) is 45.3 Å². The molecule has 0 aliphatic heterocycles. The molecule has 0 unspecified atom stereocenters. The zero-order valence-corrected chi connectivity index (χ0v) is 12.6. The summed E-state index contributed by atoms with van der Waals surface area (Å²) in [5, 5.41) is 0. The number of carbonyl (C=O) groups is 1. The number of rotatable bonds is 2. The Bertz CT molecular complexity index is 201. The van der Waals surface area contributed by atoms with Crippen LogP contribution in [0.1, 0.15) is 0 Å². The van der Waals surface area contributed by atoms with Crippen LogP contribution in [0.3, 0.4) is 0 Å². The first kappa shape index (κ1) is 17.4. The molecule has 0 heterocycles. The predicted molar refractivity (Wildman–Crippen MR) is 70.3 cm³/mol. The summed E-state index contributed by atoms with van der Waals surface area (Å²) in [6.45, 7) is 7.09. The molecule has 1 nitrogen and oxygen atoms in total. The largest absolute Gasteiger partial charge is 2.00 e. The van der Waals surface area contributed by atoms with E-state index < -0.39 is 8.07 Å². The molecule has 2 fully saturated rings. The summed E-state index contributed by atoms with van der Waals surface area (Å²) in [6.07, 6.45) is 16.7. The normalized spacial score (nSPS) is 21.6. The van der Waals surface area contributed by atoms with Gasteiger partial charge < -0.3 is 4.79 Å². The molecule has 0 atom stereocenters. The summed E-state index contributed by atoms with van der Waals surface area (Å²) in [4.78, 5) is 9.87. The molecule has 2 rings (SSSR count). The number of aldehydes is 1. The Morgan fingerprint density at radius 3 is 1.53 bits per heavy atom. The molecule has 2 aliphatic carbocycles. The third-order valence-corrected chi connectivity index (χ3v) is 4.42. The maximum absolute atomic E-state index is 9.87. The third-order valence-electron chi connectivity index (χ3n) is 2.35. The molecule has 3 heteroatoms. The van der Waals surface area contributed by atoms with Crippen LogP contribution in [0.4, 0.5) is 0 Å². The minimum Gasteiger partial charge on any atom is -0.303 e. The van der Waals surface area contributed by atoms with E-state index in [4.69, 9.17) is 0 Å². The van der Waals surface area contributed by atoms with E-state index in [9.17, 15) is 4.79 Å². The fraction of sp³-hybridized carbons (Fsp3) is 0.214. The molecule has 90 valence electrons. The maximum atomic E-state index is 9.87. The predicted octanol–water partition coefficient (Wildman–Crippen LogP) is 2.86. The first-order chi connectivity index (χ1) is 7.54. The van der Waals surface area contributed by atoms with Gasteiger partial charge in [0.2, 0.25) is 0 Å². The van der Waals surface area contributed by atoms with Crippen molar-refractivity contribution in [2.75, 3.05) is 0 Å². The van der Waals surface area contributed by atoms with Gasteiger partial charge in [-0.05, 0) is 56.9 Å². The first-order valence-corrected chi connectivity index (χ1v) is 8.93. The van der Waals surface area contributed by atoms with Gasteiger partial charge in [0.05, 0.1) is 8.07 Å². The molecule has 10 radical (unpaired) electrons. The fourth-order valence-electron chi connectivity index (χ4n) is 1.34. The standard InChI is InChI=1S/C8H13Si.C6H5O.Fe/c1-9(2,3)8-6-4-5-7-8;7-5-6-3-1-2-4-6;/h4-7H,1-3H3;1-5H;/q;;+2. The second-order valence-corrected chi connectivity index (χ2v) is 9.84. The van der Waals surface area contributed by atoms with E-state index in [1.54, 1.807) is 18.4 Å². The van der Waals surface area contributed by atoms with Crippen molar-refractivity contribution in [3.8, 4) is 0 Å². The Labute approximate surface area is 119 Å². The van der Waals surface area contributed by atoms with Crippen LogP contribution in [-0.4, -0.2) is 14.4 Å². The molecule has 0 spiro atoms. The van der Waals surface area contributed by atoms with Gasteiger partial charge >= 0.3 is 17.1 Å². The molecule has 2 aliphatic rings. The Kier molecular flexibility index (Phi) is 8.70. The van der Waals surface area contributed by atoms with Crippen LogP contribution in [0.15, 0.2) is 0 Å². The molecule has 17 heavy (non-hydrogen) atoms. The van der Waals surface area contributed by atoms with Gasteiger partial charge in [-0.3, -0.25) is 0 Å². The SMILES string of the molecule is C[Si](C)(C)[C]1[CH][CH][CH][CH]1.O=C[C]1[CH][CH][CH][CH]1.[Fe+2]. The third kappa shape index (κ3) is 6.78.